The van der Waals surface area contributed by atoms with Gasteiger partial charge in [-0.3, -0.25) is 0 Å². The van der Waals surface area contributed by atoms with Gasteiger partial charge < -0.3 is 9.84 Å². The van der Waals surface area contributed by atoms with Crippen LogP contribution in [0.1, 0.15) is 28.5 Å². The van der Waals surface area contributed by atoms with E-state index < -0.39 is 5.97 Å². The van der Waals surface area contributed by atoms with E-state index in [9.17, 15) is 9.90 Å². The van der Waals surface area contributed by atoms with Crippen molar-refractivity contribution in [3.05, 3.63) is 41.1 Å². The molecule has 0 aliphatic carbocycles. The summed E-state index contributed by atoms with van der Waals surface area (Å²) in [5.74, 6) is -0.466. The van der Waals surface area contributed by atoms with Crippen LogP contribution in [0.5, 0.6) is 5.88 Å². The molecule has 0 saturated heterocycles. The second kappa shape index (κ2) is 6.58. The maximum absolute atomic E-state index is 11.4. The number of carbonyl (C=O) groups is 1. The molecular formula is C15H16N2O3S. The molecule has 0 aromatic carbocycles. The Morgan fingerprint density at radius 2 is 2.10 bits per heavy atom. The summed E-state index contributed by atoms with van der Waals surface area (Å²) in [5.41, 5.74) is 1.69. The van der Waals surface area contributed by atoms with Gasteiger partial charge in [-0.25, -0.2) is 14.8 Å². The van der Waals surface area contributed by atoms with Gasteiger partial charge in [0.15, 0.2) is 0 Å². The first-order chi connectivity index (χ1) is 10.0. The van der Waals surface area contributed by atoms with Crippen LogP contribution in [0.2, 0.25) is 0 Å². The molecule has 2 aromatic heterocycles. The molecule has 110 valence electrons. The summed E-state index contributed by atoms with van der Waals surface area (Å²) in [4.78, 5) is 20.1. The van der Waals surface area contributed by atoms with Crippen LogP contribution in [0, 0.1) is 13.8 Å². The van der Waals surface area contributed by atoms with E-state index in [-0.39, 0.29) is 5.56 Å². The molecular weight excluding hydrogens is 288 g/mol. The standard InChI is InChI=1S/C15H16N2O3S/c1-4-20-11-6-5-7-12(17-11)21-14-13(15(18)19)9(2)8-10(3)16-14/h5-8H,4H2,1-3H3,(H,18,19). The van der Waals surface area contributed by atoms with E-state index in [1.807, 2.05) is 19.9 Å². The van der Waals surface area contributed by atoms with Crippen LogP contribution in [-0.4, -0.2) is 27.7 Å². The van der Waals surface area contributed by atoms with Crippen molar-refractivity contribution in [3.8, 4) is 5.88 Å². The highest BCUT2D eigenvalue weighted by Gasteiger charge is 2.17. The van der Waals surface area contributed by atoms with Crippen molar-refractivity contribution in [2.45, 2.75) is 30.8 Å². The van der Waals surface area contributed by atoms with Crippen molar-refractivity contribution < 1.29 is 14.6 Å². The molecule has 6 heteroatoms. The fourth-order valence-electron chi connectivity index (χ4n) is 1.92. The lowest BCUT2D eigenvalue weighted by atomic mass is 10.1. The predicted molar refractivity (Wildman–Crippen MR) is 80.2 cm³/mol. The minimum atomic E-state index is -0.983. The van der Waals surface area contributed by atoms with Gasteiger partial charge in [0.1, 0.15) is 10.1 Å². The van der Waals surface area contributed by atoms with Crippen LogP contribution in [0.4, 0.5) is 0 Å². The normalized spacial score (nSPS) is 10.4. The fraction of sp³-hybridized carbons (Fsp3) is 0.267. The first kappa shape index (κ1) is 15.3. The Bertz CT molecular complexity index is 674. The highest BCUT2D eigenvalue weighted by Crippen LogP contribution is 2.30. The second-order valence-corrected chi connectivity index (χ2v) is 5.42. The lowest BCUT2D eigenvalue weighted by molar-refractivity contribution is 0.0691. The number of aromatic nitrogens is 2. The summed E-state index contributed by atoms with van der Waals surface area (Å²) >= 11 is 1.23. The minimum Gasteiger partial charge on any atom is -0.478 e. The Balaban J connectivity index is 2.39. The molecule has 5 nitrogen and oxygen atoms in total. The molecule has 0 spiro atoms. The van der Waals surface area contributed by atoms with Gasteiger partial charge >= 0.3 is 5.97 Å². The number of carboxylic acid groups (broad SMARTS) is 1. The number of hydrogen-bond donors (Lipinski definition) is 1. The molecule has 2 heterocycles. The smallest absolute Gasteiger partial charge is 0.338 e. The number of aromatic carboxylic acids is 1. The van der Waals surface area contributed by atoms with Crippen LogP contribution in [0.15, 0.2) is 34.3 Å². The Morgan fingerprint density at radius 3 is 2.76 bits per heavy atom. The molecule has 0 bridgehead atoms. The number of pyridine rings is 2. The molecule has 2 aromatic rings. The summed E-state index contributed by atoms with van der Waals surface area (Å²) in [7, 11) is 0. The molecule has 0 aliphatic heterocycles. The molecule has 1 N–H and O–H groups in total. The SMILES string of the molecule is CCOc1cccc(Sc2nc(C)cc(C)c2C(=O)O)n1. The van der Waals surface area contributed by atoms with Crippen LogP contribution in [-0.2, 0) is 0 Å². The first-order valence-electron chi connectivity index (χ1n) is 6.50. The molecule has 0 saturated carbocycles. The summed E-state index contributed by atoms with van der Waals surface area (Å²) in [6, 6.07) is 7.15. The van der Waals surface area contributed by atoms with Gasteiger partial charge in [-0.1, -0.05) is 6.07 Å². The van der Waals surface area contributed by atoms with Gasteiger partial charge in [-0.2, -0.15) is 0 Å². The van der Waals surface area contributed by atoms with Gasteiger partial charge in [0.05, 0.1) is 12.2 Å². The van der Waals surface area contributed by atoms with Crippen LogP contribution >= 0.6 is 11.8 Å². The molecule has 0 amide bonds. The molecule has 0 fully saturated rings. The zero-order valence-corrected chi connectivity index (χ0v) is 12.9. The Labute approximate surface area is 127 Å². The van der Waals surface area contributed by atoms with Crippen LogP contribution in [0.3, 0.4) is 0 Å². The molecule has 0 radical (unpaired) electrons. The summed E-state index contributed by atoms with van der Waals surface area (Å²) in [6.45, 7) is 6.03. The van der Waals surface area contributed by atoms with Crippen LogP contribution < -0.4 is 4.74 Å². The molecule has 0 atom stereocenters. The van der Waals surface area contributed by atoms with E-state index >= 15 is 0 Å². The predicted octanol–water partition coefficient (Wildman–Crippen LogP) is 3.34. The Hall–Kier alpha value is -2.08. The van der Waals surface area contributed by atoms with E-state index in [2.05, 4.69) is 9.97 Å². The average molecular weight is 304 g/mol. The number of ether oxygens (including phenoxy) is 1. The van der Waals surface area contributed by atoms with Crippen LogP contribution in [0.25, 0.3) is 0 Å². The topological polar surface area (TPSA) is 72.3 Å². The van der Waals surface area contributed by atoms with E-state index in [0.29, 0.717) is 28.1 Å². The van der Waals surface area contributed by atoms with Crippen molar-refractivity contribution in [1.82, 2.24) is 9.97 Å². The Morgan fingerprint density at radius 1 is 1.33 bits per heavy atom. The second-order valence-electron chi connectivity index (χ2n) is 4.41. The van der Waals surface area contributed by atoms with Gasteiger partial charge in [0.25, 0.3) is 0 Å². The summed E-state index contributed by atoms with van der Waals surface area (Å²) in [5, 5.41) is 10.5. The van der Waals surface area contributed by atoms with Crippen molar-refractivity contribution in [3.63, 3.8) is 0 Å². The minimum absolute atomic E-state index is 0.217. The molecule has 0 unspecified atom stereocenters. The van der Waals surface area contributed by atoms with Crippen molar-refractivity contribution in [2.75, 3.05) is 6.61 Å². The quantitative estimate of drug-likeness (QED) is 0.913. The third-order valence-electron chi connectivity index (χ3n) is 2.72. The zero-order chi connectivity index (χ0) is 15.4. The monoisotopic (exact) mass is 304 g/mol. The van der Waals surface area contributed by atoms with Crippen molar-refractivity contribution >= 4 is 17.7 Å². The van der Waals surface area contributed by atoms with Gasteiger partial charge in [0, 0.05) is 11.8 Å². The largest absolute Gasteiger partial charge is 0.478 e. The number of rotatable bonds is 5. The van der Waals surface area contributed by atoms with E-state index in [0.717, 1.165) is 5.69 Å². The lowest BCUT2D eigenvalue weighted by Crippen LogP contribution is -2.05. The van der Waals surface area contributed by atoms with E-state index in [4.69, 9.17) is 4.74 Å². The van der Waals surface area contributed by atoms with Crippen molar-refractivity contribution in [2.24, 2.45) is 0 Å². The van der Waals surface area contributed by atoms with Gasteiger partial charge in [-0.15, -0.1) is 0 Å². The number of hydrogen-bond acceptors (Lipinski definition) is 5. The number of carboxylic acids is 1. The average Bonchev–Trinajstić information content (AvgIpc) is 2.38. The van der Waals surface area contributed by atoms with Gasteiger partial charge in [-0.05, 0) is 50.2 Å². The summed E-state index contributed by atoms with van der Waals surface area (Å²) < 4.78 is 5.35. The summed E-state index contributed by atoms with van der Waals surface area (Å²) in [6.07, 6.45) is 0. The third-order valence-corrected chi connectivity index (χ3v) is 3.64. The van der Waals surface area contributed by atoms with Crippen molar-refractivity contribution in [1.29, 1.82) is 0 Å². The Kier molecular flexibility index (Phi) is 4.80. The van der Waals surface area contributed by atoms with Gasteiger partial charge in [0.2, 0.25) is 5.88 Å². The first-order valence-corrected chi connectivity index (χ1v) is 7.32. The molecule has 0 aliphatic rings. The third kappa shape index (κ3) is 3.72. The number of nitrogens with zero attached hydrogens (tertiary/aromatic N) is 2. The number of aryl methyl sites for hydroxylation is 2. The maximum atomic E-state index is 11.4. The molecule has 2 rings (SSSR count). The van der Waals surface area contributed by atoms with E-state index in [1.165, 1.54) is 11.8 Å². The maximum Gasteiger partial charge on any atom is 0.338 e. The highest BCUT2D eigenvalue weighted by molar-refractivity contribution is 7.99. The van der Waals surface area contributed by atoms with E-state index in [1.54, 1.807) is 25.1 Å². The lowest BCUT2D eigenvalue weighted by Gasteiger charge is -2.09. The fourth-order valence-corrected chi connectivity index (χ4v) is 2.94. The molecule has 21 heavy (non-hydrogen) atoms. The highest BCUT2D eigenvalue weighted by atomic mass is 32.2. The zero-order valence-electron chi connectivity index (χ0n) is 12.1.